The molecule has 0 atom stereocenters. The van der Waals surface area contributed by atoms with E-state index < -0.39 is 0 Å². The van der Waals surface area contributed by atoms with Crippen LogP contribution in [0.2, 0.25) is 0 Å². The van der Waals surface area contributed by atoms with Crippen LogP contribution in [0.15, 0.2) is 24.3 Å². The fourth-order valence-electron chi connectivity index (χ4n) is 2.10. The van der Waals surface area contributed by atoms with Crippen molar-refractivity contribution in [1.82, 2.24) is 15.5 Å². The predicted molar refractivity (Wildman–Crippen MR) is 76.0 cm³/mol. The summed E-state index contributed by atoms with van der Waals surface area (Å²) in [6.45, 7) is 4.27. The molecule has 0 aliphatic rings. The SMILES string of the molecule is Cc1n[nH]c(C)c1CC(=O)NCc1cccc(CO)c1. The number of nitrogens with zero attached hydrogens (tertiary/aromatic N) is 1. The molecule has 0 aliphatic heterocycles. The maximum absolute atomic E-state index is 11.9. The van der Waals surface area contributed by atoms with Crippen LogP contribution in [-0.2, 0) is 24.4 Å². The van der Waals surface area contributed by atoms with Crippen molar-refractivity contribution in [3.8, 4) is 0 Å². The highest BCUT2D eigenvalue weighted by atomic mass is 16.3. The monoisotopic (exact) mass is 273 g/mol. The minimum absolute atomic E-state index is 0.00912. The second-order valence-corrected chi connectivity index (χ2v) is 4.84. The van der Waals surface area contributed by atoms with Gasteiger partial charge in [0.2, 0.25) is 5.91 Å². The number of aryl methyl sites for hydroxylation is 2. The van der Waals surface area contributed by atoms with Crippen LogP contribution in [0.25, 0.3) is 0 Å². The lowest BCUT2D eigenvalue weighted by Crippen LogP contribution is -2.25. The Hall–Kier alpha value is -2.14. The van der Waals surface area contributed by atoms with Crippen LogP contribution in [0.5, 0.6) is 0 Å². The van der Waals surface area contributed by atoms with Crippen molar-refractivity contribution in [3.63, 3.8) is 0 Å². The lowest BCUT2D eigenvalue weighted by Gasteiger charge is -2.07. The van der Waals surface area contributed by atoms with E-state index in [2.05, 4.69) is 15.5 Å². The molecule has 0 aliphatic carbocycles. The normalized spacial score (nSPS) is 10.6. The molecule has 0 radical (unpaired) electrons. The number of amides is 1. The van der Waals surface area contributed by atoms with Gasteiger partial charge in [-0.05, 0) is 25.0 Å². The zero-order chi connectivity index (χ0) is 14.5. The Bertz CT molecular complexity index is 585. The minimum Gasteiger partial charge on any atom is -0.392 e. The molecule has 2 rings (SSSR count). The van der Waals surface area contributed by atoms with E-state index in [0.29, 0.717) is 13.0 Å². The van der Waals surface area contributed by atoms with Crippen molar-refractivity contribution in [2.45, 2.75) is 33.4 Å². The van der Waals surface area contributed by atoms with Gasteiger partial charge in [0.05, 0.1) is 18.7 Å². The molecule has 5 nitrogen and oxygen atoms in total. The Balaban J connectivity index is 1.92. The number of hydrogen-bond donors (Lipinski definition) is 3. The van der Waals surface area contributed by atoms with E-state index in [4.69, 9.17) is 5.11 Å². The van der Waals surface area contributed by atoms with E-state index in [1.807, 2.05) is 38.1 Å². The third kappa shape index (κ3) is 3.45. The lowest BCUT2D eigenvalue weighted by atomic mass is 10.1. The van der Waals surface area contributed by atoms with Crippen LogP contribution in [0.3, 0.4) is 0 Å². The number of aliphatic hydroxyl groups is 1. The Kier molecular flexibility index (Phi) is 4.53. The number of carbonyl (C=O) groups excluding carboxylic acids is 1. The van der Waals surface area contributed by atoms with Crippen LogP contribution < -0.4 is 5.32 Å². The topological polar surface area (TPSA) is 78.0 Å². The standard InChI is InChI=1S/C15H19N3O2/c1-10-14(11(2)18-17-10)7-15(20)16-8-12-4-3-5-13(6-12)9-19/h3-6,19H,7-9H2,1-2H3,(H,16,20)(H,17,18). The highest BCUT2D eigenvalue weighted by molar-refractivity contribution is 5.79. The van der Waals surface area contributed by atoms with E-state index in [1.54, 1.807) is 0 Å². The van der Waals surface area contributed by atoms with Gasteiger partial charge >= 0.3 is 0 Å². The summed E-state index contributed by atoms with van der Waals surface area (Å²) in [6, 6.07) is 7.53. The van der Waals surface area contributed by atoms with Gasteiger partial charge in [-0.2, -0.15) is 5.10 Å². The fraction of sp³-hybridized carbons (Fsp3) is 0.333. The smallest absolute Gasteiger partial charge is 0.224 e. The number of hydrogen-bond acceptors (Lipinski definition) is 3. The lowest BCUT2D eigenvalue weighted by molar-refractivity contribution is -0.120. The van der Waals surface area contributed by atoms with Crippen molar-refractivity contribution < 1.29 is 9.90 Å². The molecule has 5 heteroatoms. The van der Waals surface area contributed by atoms with E-state index in [0.717, 1.165) is 28.1 Å². The van der Waals surface area contributed by atoms with Gasteiger partial charge < -0.3 is 10.4 Å². The molecule has 0 unspecified atom stereocenters. The van der Waals surface area contributed by atoms with Gasteiger partial charge in [-0.25, -0.2) is 0 Å². The average Bonchev–Trinajstić information content (AvgIpc) is 2.77. The maximum Gasteiger partial charge on any atom is 0.224 e. The predicted octanol–water partition coefficient (Wildman–Crippen LogP) is 1.38. The first kappa shape index (κ1) is 14.3. The molecule has 1 aromatic heterocycles. The fourth-order valence-corrected chi connectivity index (χ4v) is 2.10. The molecule has 106 valence electrons. The molecule has 2 aromatic rings. The zero-order valence-corrected chi connectivity index (χ0v) is 11.7. The Morgan fingerprint density at radius 2 is 2.10 bits per heavy atom. The number of aromatic nitrogens is 2. The molecule has 1 aromatic carbocycles. The largest absolute Gasteiger partial charge is 0.392 e. The van der Waals surface area contributed by atoms with Crippen LogP contribution in [0.1, 0.15) is 28.1 Å². The summed E-state index contributed by atoms with van der Waals surface area (Å²) < 4.78 is 0. The summed E-state index contributed by atoms with van der Waals surface area (Å²) >= 11 is 0. The first-order chi connectivity index (χ1) is 9.60. The molecule has 1 amide bonds. The molecular weight excluding hydrogens is 254 g/mol. The molecule has 1 heterocycles. The highest BCUT2D eigenvalue weighted by Gasteiger charge is 2.11. The van der Waals surface area contributed by atoms with Crippen LogP contribution in [0, 0.1) is 13.8 Å². The number of rotatable bonds is 5. The molecular formula is C15H19N3O2. The summed E-state index contributed by atoms with van der Waals surface area (Å²) in [5.74, 6) is -0.0352. The number of nitrogens with one attached hydrogen (secondary N) is 2. The molecule has 0 saturated carbocycles. The van der Waals surface area contributed by atoms with Crippen LogP contribution in [-0.4, -0.2) is 21.2 Å². The Labute approximate surface area is 118 Å². The first-order valence-electron chi connectivity index (χ1n) is 6.56. The summed E-state index contributed by atoms with van der Waals surface area (Å²) in [4.78, 5) is 11.9. The summed E-state index contributed by atoms with van der Waals surface area (Å²) in [5, 5.41) is 18.9. The number of H-pyrrole nitrogens is 1. The van der Waals surface area contributed by atoms with Crippen molar-refractivity contribution >= 4 is 5.91 Å². The van der Waals surface area contributed by atoms with E-state index in [-0.39, 0.29) is 12.5 Å². The van der Waals surface area contributed by atoms with Gasteiger partial charge in [-0.3, -0.25) is 9.89 Å². The quantitative estimate of drug-likeness (QED) is 0.770. The minimum atomic E-state index is -0.0352. The second kappa shape index (κ2) is 6.34. The van der Waals surface area contributed by atoms with Crippen LogP contribution >= 0.6 is 0 Å². The highest BCUT2D eigenvalue weighted by Crippen LogP contribution is 2.10. The Morgan fingerprint density at radius 1 is 1.35 bits per heavy atom. The van der Waals surface area contributed by atoms with E-state index in [1.165, 1.54) is 0 Å². The molecule has 0 fully saturated rings. The third-order valence-corrected chi connectivity index (χ3v) is 3.28. The van der Waals surface area contributed by atoms with Crippen molar-refractivity contribution in [1.29, 1.82) is 0 Å². The summed E-state index contributed by atoms with van der Waals surface area (Å²) in [5.41, 5.74) is 4.57. The first-order valence-corrected chi connectivity index (χ1v) is 6.56. The van der Waals surface area contributed by atoms with Gasteiger partial charge in [0.25, 0.3) is 0 Å². The maximum atomic E-state index is 11.9. The number of benzene rings is 1. The summed E-state index contributed by atoms with van der Waals surface area (Å²) in [7, 11) is 0. The van der Waals surface area contributed by atoms with Gasteiger partial charge in [0.15, 0.2) is 0 Å². The van der Waals surface area contributed by atoms with Crippen molar-refractivity contribution in [3.05, 3.63) is 52.3 Å². The Morgan fingerprint density at radius 3 is 2.75 bits per heavy atom. The van der Waals surface area contributed by atoms with E-state index >= 15 is 0 Å². The molecule has 0 bridgehead atoms. The van der Waals surface area contributed by atoms with Crippen molar-refractivity contribution in [2.75, 3.05) is 0 Å². The van der Waals surface area contributed by atoms with Crippen molar-refractivity contribution in [2.24, 2.45) is 0 Å². The van der Waals surface area contributed by atoms with Gasteiger partial charge in [-0.15, -0.1) is 0 Å². The number of aromatic amines is 1. The van der Waals surface area contributed by atoms with E-state index in [9.17, 15) is 4.79 Å². The van der Waals surface area contributed by atoms with Gasteiger partial charge in [0.1, 0.15) is 0 Å². The third-order valence-electron chi connectivity index (χ3n) is 3.28. The molecule has 20 heavy (non-hydrogen) atoms. The molecule has 0 saturated heterocycles. The average molecular weight is 273 g/mol. The zero-order valence-electron chi connectivity index (χ0n) is 11.7. The molecule has 0 spiro atoms. The second-order valence-electron chi connectivity index (χ2n) is 4.84. The summed E-state index contributed by atoms with van der Waals surface area (Å²) in [6.07, 6.45) is 0.327. The van der Waals surface area contributed by atoms with Gasteiger partial charge in [0, 0.05) is 17.8 Å². The van der Waals surface area contributed by atoms with Crippen LogP contribution in [0.4, 0.5) is 0 Å². The molecule has 3 N–H and O–H groups in total. The number of aliphatic hydroxyl groups excluding tert-OH is 1. The number of carbonyl (C=O) groups is 1. The van der Waals surface area contributed by atoms with Gasteiger partial charge in [-0.1, -0.05) is 24.3 Å².